The van der Waals surface area contributed by atoms with Crippen LogP contribution < -0.4 is 5.32 Å². The van der Waals surface area contributed by atoms with E-state index < -0.39 is 0 Å². The van der Waals surface area contributed by atoms with E-state index in [2.05, 4.69) is 47.8 Å². The lowest BCUT2D eigenvalue weighted by molar-refractivity contribution is 0.160. The summed E-state index contributed by atoms with van der Waals surface area (Å²) in [6, 6.07) is 2.25. The van der Waals surface area contributed by atoms with E-state index in [4.69, 9.17) is 0 Å². The molecule has 0 radical (unpaired) electrons. The molecular formula is C15H26N2S. The first kappa shape index (κ1) is 14.0. The second-order valence-electron chi connectivity index (χ2n) is 6.51. The van der Waals surface area contributed by atoms with Gasteiger partial charge in [0.25, 0.3) is 0 Å². The summed E-state index contributed by atoms with van der Waals surface area (Å²) in [5.74, 6) is 0.816. The lowest BCUT2D eigenvalue weighted by Gasteiger charge is -2.34. The zero-order chi connectivity index (χ0) is 13.0. The van der Waals surface area contributed by atoms with Gasteiger partial charge in [-0.2, -0.15) is 11.3 Å². The third kappa shape index (κ3) is 4.71. The Morgan fingerprint density at radius 1 is 1.44 bits per heavy atom. The second kappa shape index (κ2) is 6.18. The average Bonchev–Trinajstić information content (AvgIpc) is 2.79. The molecule has 0 spiro atoms. The summed E-state index contributed by atoms with van der Waals surface area (Å²) in [6.45, 7) is 11.6. The third-order valence-corrected chi connectivity index (χ3v) is 4.24. The highest BCUT2D eigenvalue weighted by atomic mass is 32.1. The highest BCUT2D eigenvalue weighted by molar-refractivity contribution is 7.07. The first-order chi connectivity index (χ1) is 8.53. The first-order valence-corrected chi connectivity index (χ1v) is 7.96. The molecule has 0 amide bonds. The molecule has 0 saturated carbocycles. The molecule has 1 saturated heterocycles. The number of piperidine rings is 1. The van der Waals surface area contributed by atoms with Gasteiger partial charge in [0.15, 0.2) is 0 Å². The van der Waals surface area contributed by atoms with Crippen LogP contribution in [0.15, 0.2) is 16.8 Å². The summed E-state index contributed by atoms with van der Waals surface area (Å²) in [6.07, 6.45) is 2.73. The molecule has 18 heavy (non-hydrogen) atoms. The van der Waals surface area contributed by atoms with Crippen molar-refractivity contribution >= 4 is 11.3 Å². The molecule has 102 valence electrons. The fraction of sp³-hybridized carbons (Fsp3) is 0.733. The van der Waals surface area contributed by atoms with Gasteiger partial charge in [-0.15, -0.1) is 0 Å². The Morgan fingerprint density at radius 3 is 2.94 bits per heavy atom. The van der Waals surface area contributed by atoms with Crippen molar-refractivity contribution in [2.45, 2.75) is 45.7 Å². The van der Waals surface area contributed by atoms with Crippen LogP contribution in [0.4, 0.5) is 0 Å². The zero-order valence-electron chi connectivity index (χ0n) is 11.9. The maximum absolute atomic E-state index is 3.65. The van der Waals surface area contributed by atoms with Gasteiger partial charge < -0.3 is 5.32 Å². The van der Waals surface area contributed by atoms with Crippen LogP contribution >= 0.6 is 11.3 Å². The van der Waals surface area contributed by atoms with Crippen molar-refractivity contribution in [2.75, 3.05) is 19.6 Å². The summed E-state index contributed by atoms with van der Waals surface area (Å²) < 4.78 is 0. The van der Waals surface area contributed by atoms with Crippen LogP contribution in [-0.4, -0.2) is 30.1 Å². The van der Waals surface area contributed by atoms with Crippen LogP contribution in [0.5, 0.6) is 0 Å². The van der Waals surface area contributed by atoms with Crippen molar-refractivity contribution in [1.29, 1.82) is 0 Å². The van der Waals surface area contributed by atoms with Crippen molar-refractivity contribution in [3.8, 4) is 0 Å². The van der Waals surface area contributed by atoms with Gasteiger partial charge in [0.05, 0.1) is 0 Å². The van der Waals surface area contributed by atoms with Gasteiger partial charge >= 0.3 is 0 Å². The number of nitrogens with one attached hydrogen (secondary N) is 1. The molecule has 2 heterocycles. The number of likely N-dealkylation sites (tertiary alicyclic amines) is 1. The number of nitrogens with zero attached hydrogens (tertiary/aromatic N) is 1. The minimum atomic E-state index is 0.246. The van der Waals surface area contributed by atoms with Crippen molar-refractivity contribution in [1.82, 2.24) is 10.2 Å². The Balaban J connectivity index is 1.77. The van der Waals surface area contributed by atoms with E-state index in [9.17, 15) is 0 Å². The normalized spacial score (nSPS) is 22.3. The van der Waals surface area contributed by atoms with Crippen LogP contribution in [0.1, 0.15) is 39.2 Å². The number of hydrogen-bond donors (Lipinski definition) is 1. The van der Waals surface area contributed by atoms with Crippen molar-refractivity contribution < 1.29 is 0 Å². The van der Waals surface area contributed by atoms with Crippen LogP contribution in [0.2, 0.25) is 0 Å². The zero-order valence-corrected chi connectivity index (χ0v) is 12.7. The Labute approximate surface area is 115 Å². The topological polar surface area (TPSA) is 15.3 Å². The van der Waals surface area contributed by atoms with Gasteiger partial charge in [-0.3, -0.25) is 4.90 Å². The van der Waals surface area contributed by atoms with E-state index in [1.54, 1.807) is 11.3 Å². The van der Waals surface area contributed by atoms with E-state index >= 15 is 0 Å². The van der Waals surface area contributed by atoms with Crippen LogP contribution in [0.25, 0.3) is 0 Å². The summed E-state index contributed by atoms with van der Waals surface area (Å²) in [4.78, 5) is 2.61. The maximum atomic E-state index is 3.65. The first-order valence-electron chi connectivity index (χ1n) is 7.01. The summed E-state index contributed by atoms with van der Waals surface area (Å²) in [5.41, 5.74) is 1.72. The van der Waals surface area contributed by atoms with Gasteiger partial charge in [-0.25, -0.2) is 0 Å². The number of hydrogen-bond acceptors (Lipinski definition) is 3. The van der Waals surface area contributed by atoms with Gasteiger partial charge in [-0.1, -0.05) is 0 Å². The molecule has 2 rings (SSSR count). The molecule has 1 aliphatic heterocycles. The van der Waals surface area contributed by atoms with Gasteiger partial charge in [0.2, 0.25) is 0 Å². The summed E-state index contributed by atoms with van der Waals surface area (Å²) >= 11 is 1.80. The highest BCUT2D eigenvalue weighted by Gasteiger charge is 2.21. The molecule has 1 atom stereocenters. The molecule has 1 aromatic rings. The fourth-order valence-electron chi connectivity index (χ4n) is 2.55. The van der Waals surface area contributed by atoms with E-state index in [1.165, 1.54) is 31.5 Å². The summed E-state index contributed by atoms with van der Waals surface area (Å²) in [5, 5.41) is 8.10. The number of rotatable bonds is 4. The van der Waals surface area contributed by atoms with Gasteiger partial charge in [0, 0.05) is 18.6 Å². The smallest absolute Gasteiger partial charge is 0.0242 e. The Bertz CT molecular complexity index is 340. The van der Waals surface area contributed by atoms with E-state index in [-0.39, 0.29) is 5.54 Å². The molecule has 0 bridgehead atoms. The average molecular weight is 266 g/mol. The Morgan fingerprint density at radius 2 is 2.28 bits per heavy atom. The van der Waals surface area contributed by atoms with E-state index in [1.807, 2.05) is 0 Å². The minimum absolute atomic E-state index is 0.246. The molecule has 1 unspecified atom stereocenters. The predicted molar refractivity (Wildman–Crippen MR) is 80.1 cm³/mol. The Hall–Kier alpha value is -0.380. The maximum Gasteiger partial charge on any atom is 0.0242 e. The standard InChI is InChI=1S/C15H26N2S/c1-15(2,3)16-9-13-5-4-7-17(10-13)11-14-6-8-18-12-14/h6,8,12-13,16H,4-5,7,9-11H2,1-3H3. The molecule has 1 N–H and O–H groups in total. The fourth-order valence-corrected chi connectivity index (χ4v) is 3.21. The van der Waals surface area contributed by atoms with Gasteiger partial charge in [0.1, 0.15) is 0 Å². The monoisotopic (exact) mass is 266 g/mol. The molecule has 1 aliphatic rings. The predicted octanol–water partition coefficient (Wildman–Crippen LogP) is 3.35. The molecule has 3 heteroatoms. The van der Waals surface area contributed by atoms with Gasteiger partial charge in [-0.05, 0) is 75.0 Å². The quantitative estimate of drug-likeness (QED) is 0.899. The lowest BCUT2D eigenvalue weighted by atomic mass is 9.96. The second-order valence-corrected chi connectivity index (χ2v) is 7.29. The van der Waals surface area contributed by atoms with Crippen LogP contribution in [-0.2, 0) is 6.54 Å². The summed E-state index contributed by atoms with van der Waals surface area (Å²) in [7, 11) is 0. The minimum Gasteiger partial charge on any atom is -0.312 e. The van der Waals surface area contributed by atoms with Crippen molar-refractivity contribution in [2.24, 2.45) is 5.92 Å². The largest absolute Gasteiger partial charge is 0.312 e. The Kier molecular flexibility index (Phi) is 4.82. The number of thiophene rings is 1. The van der Waals surface area contributed by atoms with Crippen molar-refractivity contribution in [3.05, 3.63) is 22.4 Å². The SMILES string of the molecule is CC(C)(C)NCC1CCCN(Cc2ccsc2)C1. The highest BCUT2D eigenvalue weighted by Crippen LogP contribution is 2.19. The molecule has 0 aliphatic carbocycles. The molecular weight excluding hydrogens is 240 g/mol. The molecule has 0 aromatic carbocycles. The van der Waals surface area contributed by atoms with E-state index in [0.29, 0.717) is 0 Å². The van der Waals surface area contributed by atoms with Crippen LogP contribution in [0.3, 0.4) is 0 Å². The molecule has 1 aromatic heterocycles. The third-order valence-electron chi connectivity index (χ3n) is 3.51. The van der Waals surface area contributed by atoms with Crippen LogP contribution in [0, 0.1) is 5.92 Å². The molecule has 1 fully saturated rings. The van der Waals surface area contributed by atoms with Crippen molar-refractivity contribution in [3.63, 3.8) is 0 Å². The molecule has 2 nitrogen and oxygen atoms in total. The van der Waals surface area contributed by atoms with E-state index in [0.717, 1.165) is 19.0 Å². The lowest BCUT2D eigenvalue weighted by Crippen LogP contribution is -2.44.